The number of aromatic nitrogens is 6. The van der Waals surface area contributed by atoms with Gasteiger partial charge in [-0.15, -0.1) is 20.4 Å². The summed E-state index contributed by atoms with van der Waals surface area (Å²) in [5, 5.41) is 23.5. The Hall–Kier alpha value is -5.52. The summed E-state index contributed by atoms with van der Waals surface area (Å²) >= 11 is 12.4. The second-order valence-corrected chi connectivity index (χ2v) is 10.7. The lowest BCUT2D eigenvalue weighted by Crippen LogP contribution is -2.19. The second-order valence-electron chi connectivity index (χ2n) is 9.84. The van der Waals surface area contributed by atoms with Crippen molar-refractivity contribution in [3.8, 4) is 11.5 Å². The van der Waals surface area contributed by atoms with Gasteiger partial charge >= 0.3 is 0 Å². The fourth-order valence-electron chi connectivity index (χ4n) is 4.33. The number of hydrogen-bond donors (Lipinski definition) is 4. The summed E-state index contributed by atoms with van der Waals surface area (Å²) in [5.41, 5.74) is 2.77. The van der Waals surface area contributed by atoms with Crippen LogP contribution in [-0.4, -0.2) is 30.4 Å². The number of ether oxygens (including phenoxy) is 1. The minimum atomic E-state index is -0.353. The van der Waals surface area contributed by atoms with E-state index >= 15 is 0 Å². The first kappa shape index (κ1) is 29.5. The second kappa shape index (κ2) is 13.4. The van der Waals surface area contributed by atoms with Gasteiger partial charge in [0.2, 0.25) is 11.9 Å². The van der Waals surface area contributed by atoms with Gasteiger partial charge in [-0.3, -0.25) is 19.6 Å². The molecule has 13 heteroatoms. The lowest BCUT2D eigenvalue weighted by Gasteiger charge is -2.10. The van der Waals surface area contributed by atoms with Gasteiger partial charge in [0.15, 0.2) is 0 Å². The highest BCUT2D eigenvalue weighted by molar-refractivity contribution is 6.31. The molecule has 11 nitrogen and oxygen atoms in total. The van der Waals surface area contributed by atoms with Crippen LogP contribution in [0.1, 0.15) is 22.5 Å². The molecule has 6 aromatic rings. The van der Waals surface area contributed by atoms with Crippen molar-refractivity contribution in [1.29, 1.82) is 0 Å². The molecule has 0 fully saturated rings. The maximum absolute atomic E-state index is 12.5. The molecule has 0 saturated carbocycles. The van der Waals surface area contributed by atoms with Gasteiger partial charge in [0, 0.05) is 34.3 Å². The van der Waals surface area contributed by atoms with Crippen LogP contribution in [0.15, 0.2) is 107 Å². The molecule has 0 aliphatic rings. The fraction of sp³-hybridized carbons (Fsp3) is 0.0625. The van der Waals surface area contributed by atoms with E-state index in [0.717, 1.165) is 11.1 Å². The molecule has 4 aromatic carbocycles. The molecule has 45 heavy (non-hydrogen) atoms. The van der Waals surface area contributed by atoms with Crippen molar-refractivity contribution in [1.82, 2.24) is 30.4 Å². The molecule has 0 bridgehead atoms. The van der Waals surface area contributed by atoms with Gasteiger partial charge in [-0.2, -0.15) is 0 Å². The third-order valence-electron chi connectivity index (χ3n) is 6.63. The number of benzene rings is 4. The molecule has 0 atom stereocenters. The van der Waals surface area contributed by atoms with E-state index < -0.39 is 0 Å². The van der Waals surface area contributed by atoms with E-state index in [-0.39, 0.29) is 47.2 Å². The molecule has 4 N–H and O–H groups in total. The van der Waals surface area contributed by atoms with Crippen molar-refractivity contribution in [2.45, 2.75) is 12.8 Å². The Morgan fingerprint density at radius 3 is 1.33 bits per heavy atom. The average molecular weight is 640 g/mol. The highest BCUT2D eigenvalue weighted by Crippen LogP contribution is 2.26. The minimum Gasteiger partial charge on any atom is -0.457 e. The molecule has 0 radical (unpaired) electrons. The van der Waals surface area contributed by atoms with Crippen LogP contribution in [0.3, 0.4) is 0 Å². The van der Waals surface area contributed by atoms with Crippen LogP contribution in [-0.2, 0) is 12.8 Å². The number of rotatable bonds is 10. The third kappa shape index (κ3) is 7.53. The van der Waals surface area contributed by atoms with Gasteiger partial charge in [-0.05, 0) is 71.8 Å². The van der Waals surface area contributed by atoms with E-state index in [1.54, 1.807) is 60.7 Å². The first-order chi connectivity index (χ1) is 21.9. The van der Waals surface area contributed by atoms with Gasteiger partial charge in [0.05, 0.1) is 0 Å². The first-order valence-electron chi connectivity index (χ1n) is 13.7. The Kier molecular flexibility index (Phi) is 8.81. The summed E-state index contributed by atoms with van der Waals surface area (Å²) < 4.78 is 5.94. The summed E-state index contributed by atoms with van der Waals surface area (Å²) in [7, 11) is 0. The Balaban J connectivity index is 1.03. The number of nitrogens with zero attached hydrogens (tertiary/aromatic N) is 4. The largest absolute Gasteiger partial charge is 0.457 e. The maximum atomic E-state index is 12.5. The monoisotopic (exact) mass is 638 g/mol. The van der Waals surface area contributed by atoms with E-state index in [4.69, 9.17) is 27.9 Å². The van der Waals surface area contributed by atoms with Crippen LogP contribution in [0, 0.1) is 0 Å². The van der Waals surface area contributed by atoms with E-state index in [1.807, 2.05) is 36.4 Å². The molecule has 0 saturated heterocycles. The van der Waals surface area contributed by atoms with Gasteiger partial charge in [-0.1, -0.05) is 59.6 Å². The van der Waals surface area contributed by atoms with Crippen LogP contribution in [0.5, 0.6) is 11.5 Å². The molecule has 0 aliphatic heterocycles. The minimum absolute atomic E-state index is 0.209. The molecule has 224 valence electrons. The van der Waals surface area contributed by atoms with Crippen molar-refractivity contribution in [2.24, 2.45) is 0 Å². The molecule has 0 unspecified atom stereocenters. The van der Waals surface area contributed by atoms with Crippen LogP contribution in [0.2, 0.25) is 10.0 Å². The highest BCUT2D eigenvalue weighted by atomic mass is 35.5. The summed E-state index contributed by atoms with van der Waals surface area (Å²) in [6.45, 7) is 0. The van der Waals surface area contributed by atoms with Crippen LogP contribution in [0.4, 0.5) is 23.3 Å². The zero-order valence-corrected chi connectivity index (χ0v) is 24.9. The molecular formula is C32H24Cl2N8O3. The van der Waals surface area contributed by atoms with Crippen molar-refractivity contribution in [3.63, 3.8) is 0 Å². The third-order valence-corrected chi connectivity index (χ3v) is 7.37. The average Bonchev–Trinajstić information content (AvgIpc) is 3.04. The van der Waals surface area contributed by atoms with Crippen molar-refractivity contribution >= 4 is 46.5 Å². The lowest BCUT2D eigenvalue weighted by molar-refractivity contribution is 0.483. The molecule has 2 aromatic heterocycles. The quantitative estimate of drug-likeness (QED) is 0.133. The number of hydrogen-bond acceptors (Lipinski definition) is 9. The van der Waals surface area contributed by atoms with Crippen LogP contribution >= 0.6 is 23.2 Å². The molecule has 0 spiro atoms. The van der Waals surface area contributed by atoms with Gasteiger partial charge < -0.3 is 15.4 Å². The van der Waals surface area contributed by atoms with E-state index in [2.05, 4.69) is 41.0 Å². The smallest absolute Gasteiger partial charge is 0.274 e. The Morgan fingerprint density at radius 2 is 0.956 bits per heavy atom. The van der Waals surface area contributed by atoms with Gasteiger partial charge in [0.25, 0.3) is 11.1 Å². The number of H-pyrrole nitrogens is 2. The molecule has 6 rings (SSSR count). The normalized spacial score (nSPS) is 10.8. The fourth-order valence-corrected chi connectivity index (χ4v) is 4.74. The number of aromatic amines is 2. The zero-order chi connectivity index (χ0) is 31.2. The first-order valence-corrected chi connectivity index (χ1v) is 14.5. The molecular weight excluding hydrogens is 615 g/mol. The maximum Gasteiger partial charge on any atom is 0.274 e. The predicted molar refractivity (Wildman–Crippen MR) is 173 cm³/mol. The van der Waals surface area contributed by atoms with Crippen LogP contribution in [0.25, 0.3) is 0 Å². The van der Waals surface area contributed by atoms with Gasteiger partial charge in [0.1, 0.15) is 22.9 Å². The van der Waals surface area contributed by atoms with Crippen molar-refractivity contribution in [2.75, 3.05) is 10.6 Å². The summed E-state index contributed by atoms with van der Waals surface area (Å²) in [6.07, 6.45) is 0.550. The van der Waals surface area contributed by atoms with Crippen LogP contribution < -0.4 is 26.5 Å². The SMILES string of the molecule is O=c1[nH]c(Nc2ccc(Oc3ccc(Nc4nnc(Cc5ccccc5Cl)c(=O)[nH]4)cc3)cc2)nnc1Cc1ccccc1Cl. The topological polar surface area (TPSA) is 151 Å². The van der Waals surface area contributed by atoms with Crippen molar-refractivity contribution < 1.29 is 4.74 Å². The highest BCUT2D eigenvalue weighted by Gasteiger charge is 2.10. The zero-order valence-electron chi connectivity index (χ0n) is 23.4. The number of nitrogens with one attached hydrogen (secondary N) is 4. The Labute approximate surface area is 266 Å². The van der Waals surface area contributed by atoms with E-state index in [1.165, 1.54) is 0 Å². The number of anilines is 4. The standard InChI is InChI=1S/C32H24Cl2N8O3/c33-25-7-3-1-5-19(25)17-27-29(43)37-31(41-39-27)35-21-9-13-23(14-10-21)45-24-15-11-22(12-16-24)36-32-38-30(44)28(40-42-32)18-20-6-2-4-8-26(20)34/h1-16H,17-18H2,(H2,35,37,41,43)(H2,36,38,42,44). The van der Waals surface area contributed by atoms with Crippen molar-refractivity contribution in [3.05, 3.63) is 150 Å². The Bertz CT molecular complexity index is 1920. The lowest BCUT2D eigenvalue weighted by atomic mass is 10.1. The molecule has 2 heterocycles. The number of halogens is 2. The van der Waals surface area contributed by atoms with E-state index in [9.17, 15) is 9.59 Å². The predicted octanol–water partition coefficient (Wildman–Crippen LogP) is 6.41. The summed E-state index contributed by atoms with van der Waals surface area (Å²) in [6, 6.07) is 28.8. The Morgan fingerprint density at radius 1 is 0.556 bits per heavy atom. The van der Waals surface area contributed by atoms with E-state index in [0.29, 0.717) is 32.9 Å². The van der Waals surface area contributed by atoms with Gasteiger partial charge in [-0.25, -0.2) is 0 Å². The molecule has 0 aliphatic carbocycles. The summed E-state index contributed by atoms with van der Waals surface area (Å²) in [5.74, 6) is 1.61. The molecule has 0 amide bonds. The summed E-state index contributed by atoms with van der Waals surface area (Å²) in [4.78, 5) is 30.5.